The Morgan fingerprint density at radius 3 is 2.52 bits per heavy atom. The number of quaternary nitrogens is 1. The third-order valence-corrected chi connectivity index (χ3v) is 4.73. The van der Waals surface area contributed by atoms with E-state index in [9.17, 15) is 9.59 Å². The molecule has 0 radical (unpaired) electrons. The molecule has 0 bridgehead atoms. The van der Waals surface area contributed by atoms with Crippen LogP contribution >= 0.6 is 11.8 Å². The van der Waals surface area contributed by atoms with Crippen LogP contribution in [0.4, 0.5) is 5.69 Å². The zero-order valence-corrected chi connectivity index (χ0v) is 16.5. The molecule has 1 atom stereocenters. The summed E-state index contributed by atoms with van der Waals surface area (Å²) in [5.41, 5.74) is 0.675. The van der Waals surface area contributed by atoms with Crippen LogP contribution in [0.2, 0.25) is 0 Å². The van der Waals surface area contributed by atoms with E-state index in [0.29, 0.717) is 18.0 Å². The average molecular weight is 389 g/mol. The van der Waals surface area contributed by atoms with Gasteiger partial charge in [0.2, 0.25) is 0 Å². The number of hydrogen-bond acceptors (Lipinski definition) is 4. The van der Waals surface area contributed by atoms with Gasteiger partial charge in [-0.3, -0.25) is 9.59 Å². The van der Waals surface area contributed by atoms with Gasteiger partial charge in [-0.2, -0.15) is 0 Å². The molecule has 0 spiro atoms. The first-order chi connectivity index (χ1) is 13.1. The van der Waals surface area contributed by atoms with Gasteiger partial charge in [-0.25, -0.2) is 0 Å². The van der Waals surface area contributed by atoms with Crippen molar-refractivity contribution in [3.8, 4) is 5.75 Å². The van der Waals surface area contributed by atoms with E-state index in [-0.39, 0.29) is 24.9 Å². The van der Waals surface area contributed by atoms with Crippen molar-refractivity contribution < 1.29 is 19.2 Å². The van der Waals surface area contributed by atoms with Gasteiger partial charge in [0.15, 0.2) is 13.1 Å². The summed E-state index contributed by atoms with van der Waals surface area (Å²) in [5, 5.41) is 5.71. The van der Waals surface area contributed by atoms with Gasteiger partial charge >= 0.3 is 0 Å². The fourth-order valence-electron chi connectivity index (χ4n) is 2.46. The molecule has 2 aromatic rings. The van der Waals surface area contributed by atoms with Gasteiger partial charge < -0.3 is 20.3 Å². The van der Waals surface area contributed by atoms with E-state index in [1.165, 1.54) is 4.90 Å². The van der Waals surface area contributed by atoms with Crippen molar-refractivity contribution in [2.75, 3.05) is 44.9 Å². The molecule has 7 heteroatoms. The molecule has 0 aliphatic carbocycles. The molecule has 0 heterocycles. The molecule has 0 saturated heterocycles. The maximum Gasteiger partial charge on any atom is 0.279 e. The van der Waals surface area contributed by atoms with E-state index in [0.717, 1.165) is 10.7 Å². The second-order valence-electron chi connectivity index (χ2n) is 6.10. The first-order valence-corrected chi connectivity index (χ1v) is 9.75. The predicted octanol–water partition coefficient (Wildman–Crippen LogP) is 1.06. The third kappa shape index (κ3) is 8.15. The van der Waals surface area contributed by atoms with Crippen LogP contribution in [0.3, 0.4) is 0 Å². The van der Waals surface area contributed by atoms with E-state index in [4.69, 9.17) is 4.74 Å². The van der Waals surface area contributed by atoms with Crippen LogP contribution in [-0.2, 0) is 9.59 Å². The second kappa shape index (κ2) is 11.3. The average Bonchev–Trinajstić information content (AvgIpc) is 2.66. The van der Waals surface area contributed by atoms with Crippen molar-refractivity contribution in [3.63, 3.8) is 0 Å². The predicted molar refractivity (Wildman–Crippen MR) is 108 cm³/mol. The van der Waals surface area contributed by atoms with Crippen molar-refractivity contribution in [2.24, 2.45) is 0 Å². The summed E-state index contributed by atoms with van der Waals surface area (Å²) in [5.74, 6) is 1.29. The molecule has 144 valence electrons. The first-order valence-electron chi connectivity index (χ1n) is 8.76. The molecular weight excluding hydrogens is 362 g/mol. The van der Waals surface area contributed by atoms with Crippen LogP contribution in [0.1, 0.15) is 0 Å². The van der Waals surface area contributed by atoms with Gasteiger partial charge in [-0.15, -0.1) is 11.8 Å². The molecular formula is C20H26N3O3S+. The Balaban J connectivity index is 1.64. The minimum Gasteiger partial charge on any atom is -0.497 e. The topological polar surface area (TPSA) is 71.9 Å². The van der Waals surface area contributed by atoms with Crippen LogP contribution in [0.15, 0.2) is 59.5 Å². The van der Waals surface area contributed by atoms with Gasteiger partial charge in [-0.1, -0.05) is 24.3 Å². The van der Waals surface area contributed by atoms with Gasteiger partial charge in [0.25, 0.3) is 11.8 Å². The molecule has 1 unspecified atom stereocenters. The number of hydrogen-bond donors (Lipinski definition) is 3. The number of nitrogens with one attached hydrogen (secondary N) is 3. The lowest BCUT2D eigenvalue weighted by Gasteiger charge is -2.14. The van der Waals surface area contributed by atoms with E-state index in [2.05, 4.69) is 10.6 Å². The van der Waals surface area contributed by atoms with E-state index in [1.807, 2.05) is 49.5 Å². The van der Waals surface area contributed by atoms with Crippen LogP contribution in [0.5, 0.6) is 5.75 Å². The van der Waals surface area contributed by atoms with Crippen molar-refractivity contribution in [3.05, 3.63) is 54.6 Å². The van der Waals surface area contributed by atoms with E-state index in [1.54, 1.807) is 31.0 Å². The van der Waals surface area contributed by atoms with Crippen LogP contribution in [0, 0.1) is 0 Å². The van der Waals surface area contributed by atoms with E-state index >= 15 is 0 Å². The van der Waals surface area contributed by atoms with Crippen LogP contribution in [0.25, 0.3) is 0 Å². The second-order valence-corrected chi connectivity index (χ2v) is 7.27. The summed E-state index contributed by atoms with van der Waals surface area (Å²) < 4.78 is 5.13. The molecule has 0 fully saturated rings. The number of carbonyl (C=O) groups excluding carboxylic acids is 2. The molecule has 27 heavy (non-hydrogen) atoms. The first kappa shape index (κ1) is 20.8. The highest BCUT2D eigenvalue weighted by Gasteiger charge is 2.14. The summed E-state index contributed by atoms with van der Waals surface area (Å²) in [7, 11) is 3.40. The summed E-state index contributed by atoms with van der Waals surface area (Å²) >= 11 is 1.70. The summed E-state index contributed by atoms with van der Waals surface area (Å²) in [6.45, 7) is 1.06. The summed E-state index contributed by atoms with van der Waals surface area (Å²) in [6, 6.07) is 17.2. The Morgan fingerprint density at radius 1 is 1.04 bits per heavy atom. The molecule has 0 saturated carbocycles. The number of likely N-dealkylation sites (N-methyl/N-ethyl adjacent to an activating group) is 1. The molecule has 0 aliphatic heterocycles. The lowest BCUT2D eigenvalue weighted by Crippen LogP contribution is -3.11. The summed E-state index contributed by atoms with van der Waals surface area (Å²) in [6.07, 6.45) is 0. The molecule has 2 aromatic carbocycles. The van der Waals surface area contributed by atoms with Crippen molar-refractivity contribution in [1.29, 1.82) is 0 Å². The van der Waals surface area contributed by atoms with Gasteiger partial charge in [0.05, 0.1) is 14.2 Å². The fourth-order valence-corrected chi connectivity index (χ4v) is 3.24. The molecule has 6 nitrogen and oxygen atoms in total. The van der Waals surface area contributed by atoms with Gasteiger partial charge in [0, 0.05) is 28.9 Å². The lowest BCUT2D eigenvalue weighted by molar-refractivity contribution is -0.862. The maximum atomic E-state index is 12.1. The Bertz CT molecular complexity index is 740. The fraction of sp³-hybridized carbons (Fsp3) is 0.300. The standard InChI is InChI=1S/C20H25N3O3S/c1-23(15-20(25)22-16-7-6-8-17(13-16)26-2)14-19(24)21-11-12-27-18-9-4-3-5-10-18/h3-10,13H,11-12,14-15H2,1-2H3,(H,21,24)(H,22,25)/p+1. The quantitative estimate of drug-likeness (QED) is 0.420. The number of benzene rings is 2. The Labute approximate surface area is 164 Å². The molecule has 0 aromatic heterocycles. The van der Waals surface area contributed by atoms with Gasteiger partial charge in [0.1, 0.15) is 5.75 Å². The third-order valence-electron chi connectivity index (χ3n) is 3.71. The number of ether oxygens (including phenoxy) is 1. The van der Waals surface area contributed by atoms with Crippen molar-refractivity contribution >= 4 is 29.3 Å². The Hall–Kier alpha value is -2.51. The molecule has 2 amide bonds. The van der Waals surface area contributed by atoms with Crippen LogP contribution < -0.4 is 20.3 Å². The number of methoxy groups -OCH3 is 1. The number of amides is 2. The zero-order chi connectivity index (χ0) is 19.5. The Kier molecular flexibility index (Phi) is 8.67. The minimum atomic E-state index is -0.145. The monoisotopic (exact) mass is 388 g/mol. The normalized spacial score (nSPS) is 11.5. The zero-order valence-electron chi connectivity index (χ0n) is 15.7. The number of rotatable bonds is 10. The van der Waals surface area contributed by atoms with E-state index < -0.39 is 0 Å². The molecule has 3 N–H and O–H groups in total. The molecule has 2 rings (SSSR count). The lowest BCUT2D eigenvalue weighted by atomic mass is 10.3. The Morgan fingerprint density at radius 2 is 1.78 bits per heavy atom. The molecule has 0 aliphatic rings. The number of thioether (sulfide) groups is 1. The van der Waals surface area contributed by atoms with Crippen LogP contribution in [-0.4, -0.2) is 51.4 Å². The van der Waals surface area contributed by atoms with Gasteiger partial charge in [-0.05, 0) is 24.3 Å². The van der Waals surface area contributed by atoms with Crippen molar-refractivity contribution in [2.45, 2.75) is 4.90 Å². The highest BCUT2D eigenvalue weighted by atomic mass is 32.2. The highest BCUT2D eigenvalue weighted by molar-refractivity contribution is 7.99. The van der Waals surface area contributed by atoms with Crippen molar-refractivity contribution in [1.82, 2.24) is 5.32 Å². The number of carbonyl (C=O) groups is 2. The smallest absolute Gasteiger partial charge is 0.279 e. The largest absolute Gasteiger partial charge is 0.497 e. The highest BCUT2D eigenvalue weighted by Crippen LogP contribution is 2.16. The minimum absolute atomic E-state index is 0.0599. The maximum absolute atomic E-state index is 12.1. The number of anilines is 1. The summed E-state index contributed by atoms with van der Waals surface area (Å²) in [4.78, 5) is 26.1. The SMILES string of the molecule is COc1cccc(NC(=O)C[NH+](C)CC(=O)NCCSc2ccccc2)c1.